The summed E-state index contributed by atoms with van der Waals surface area (Å²) in [6, 6.07) is 1.08. The highest BCUT2D eigenvalue weighted by molar-refractivity contribution is 7.50. The summed E-state index contributed by atoms with van der Waals surface area (Å²) in [7, 11) is 1.37. The summed E-state index contributed by atoms with van der Waals surface area (Å²) in [5, 5.41) is 0. The van der Waals surface area contributed by atoms with E-state index in [-0.39, 0.29) is 0 Å². The van der Waals surface area contributed by atoms with Crippen molar-refractivity contribution in [2.75, 3.05) is 19.9 Å². The zero-order valence-corrected chi connectivity index (χ0v) is 13.7. The van der Waals surface area contributed by atoms with E-state index in [4.69, 9.17) is 9.26 Å². The van der Waals surface area contributed by atoms with Crippen LogP contribution >= 0.6 is 8.30 Å². The Kier molecular flexibility index (Phi) is 7.08. The van der Waals surface area contributed by atoms with Crippen LogP contribution in [0.3, 0.4) is 0 Å². The molecule has 18 heavy (non-hydrogen) atoms. The molecule has 1 heterocycles. The van der Waals surface area contributed by atoms with Crippen LogP contribution in [0.2, 0.25) is 0 Å². The molecule has 4 heteroatoms. The Morgan fingerprint density at radius 3 is 2.33 bits per heavy atom. The molecule has 0 aliphatic carbocycles. The van der Waals surface area contributed by atoms with Crippen LogP contribution < -0.4 is 0 Å². The van der Waals surface area contributed by atoms with E-state index in [1.807, 2.05) is 7.11 Å². The van der Waals surface area contributed by atoms with Gasteiger partial charge in [-0.25, -0.2) is 0 Å². The van der Waals surface area contributed by atoms with Gasteiger partial charge in [-0.3, -0.25) is 4.67 Å². The fourth-order valence-electron chi connectivity index (χ4n) is 2.93. The fourth-order valence-corrected chi connectivity index (χ4v) is 5.30. The van der Waals surface area contributed by atoms with Crippen molar-refractivity contribution >= 4 is 8.30 Å². The maximum atomic E-state index is 5.83. The van der Waals surface area contributed by atoms with E-state index >= 15 is 0 Å². The van der Waals surface area contributed by atoms with Gasteiger partial charge in [0, 0.05) is 32.0 Å². The Morgan fingerprint density at radius 2 is 1.89 bits per heavy atom. The van der Waals surface area contributed by atoms with Crippen molar-refractivity contribution in [3.8, 4) is 0 Å². The molecule has 0 aromatic carbocycles. The monoisotopic (exact) mass is 275 g/mol. The van der Waals surface area contributed by atoms with Crippen molar-refractivity contribution in [3.63, 3.8) is 0 Å². The van der Waals surface area contributed by atoms with E-state index < -0.39 is 8.30 Å². The summed E-state index contributed by atoms with van der Waals surface area (Å²) in [5.74, 6) is 0.682. The topological polar surface area (TPSA) is 21.7 Å². The van der Waals surface area contributed by atoms with E-state index in [0.717, 1.165) is 19.2 Å². The molecule has 0 saturated carbocycles. The average molecular weight is 275 g/mol. The van der Waals surface area contributed by atoms with Gasteiger partial charge >= 0.3 is 0 Å². The van der Waals surface area contributed by atoms with Crippen LogP contribution in [0.15, 0.2) is 0 Å². The van der Waals surface area contributed by atoms with Gasteiger partial charge in [-0.15, -0.1) is 0 Å². The van der Waals surface area contributed by atoms with Crippen molar-refractivity contribution in [1.82, 2.24) is 4.67 Å². The van der Waals surface area contributed by atoms with Gasteiger partial charge in [0.05, 0.1) is 6.10 Å². The minimum absolute atomic E-state index is 0.450. The van der Waals surface area contributed by atoms with Gasteiger partial charge in [-0.05, 0) is 46.5 Å². The third kappa shape index (κ3) is 4.16. The van der Waals surface area contributed by atoms with E-state index in [0.29, 0.717) is 24.1 Å². The first-order valence-corrected chi connectivity index (χ1v) is 8.62. The van der Waals surface area contributed by atoms with Crippen LogP contribution in [0.4, 0.5) is 0 Å². The Balaban J connectivity index is 2.64. The van der Waals surface area contributed by atoms with Gasteiger partial charge in [0.1, 0.15) is 8.30 Å². The molecule has 0 bridgehead atoms. The molecule has 3 nitrogen and oxygen atoms in total. The molecule has 0 spiro atoms. The van der Waals surface area contributed by atoms with Crippen LogP contribution in [-0.2, 0) is 9.26 Å². The lowest BCUT2D eigenvalue weighted by molar-refractivity contribution is 0.0909. The molecule has 1 saturated heterocycles. The zero-order valence-electron chi connectivity index (χ0n) is 12.8. The Hall–Kier alpha value is 0.310. The highest BCUT2D eigenvalue weighted by Crippen LogP contribution is 2.47. The van der Waals surface area contributed by atoms with Crippen LogP contribution in [0.5, 0.6) is 0 Å². The largest absolute Gasteiger partial charge is 0.378 e. The minimum Gasteiger partial charge on any atom is -0.378 e. The summed E-state index contributed by atoms with van der Waals surface area (Å²) in [6.45, 7) is 12.2. The molecular weight excluding hydrogens is 245 g/mol. The summed E-state index contributed by atoms with van der Waals surface area (Å²) in [5.41, 5.74) is 0. The van der Waals surface area contributed by atoms with Gasteiger partial charge in [0.15, 0.2) is 0 Å². The van der Waals surface area contributed by atoms with Gasteiger partial charge in [0.25, 0.3) is 0 Å². The minimum atomic E-state index is -0.491. The first kappa shape index (κ1) is 16.4. The Morgan fingerprint density at radius 1 is 1.28 bits per heavy atom. The molecule has 1 aliphatic heterocycles. The van der Waals surface area contributed by atoms with Gasteiger partial charge in [-0.2, -0.15) is 0 Å². The van der Waals surface area contributed by atoms with Crippen molar-refractivity contribution in [2.45, 2.75) is 65.6 Å². The molecule has 108 valence electrons. The van der Waals surface area contributed by atoms with E-state index in [9.17, 15) is 0 Å². The number of rotatable bonds is 7. The third-order valence-electron chi connectivity index (χ3n) is 3.67. The molecule has 1 fully saturated rings. The van der Waals surface area contributed by atoms with Crippen LogP contribution in [0.1, 0.15) is 47.5 Å². The maximum absolute atomic E-state index is 5.83. The molecule has 0 N–H and O–H groups in total. The van der Waals surface area contributed by atoms with Gasteiger partial charge in [-0.1, -0.05) is 6.92 Å². The lowest BCUT2D eigenvalue weighted by Gasteiger charge is -2.38. The lowest BCUT2D eigenvalue weighted by Crippen LogP contribution is -2.35. The summed E-state index contributed by atoms with van der Waals surface area (Å²) in [4.78, 5) is 0. The fraction of sp³-hybridized carbons (Fsp3) is 1.00. The van der Waals surface area contributed by atoms with Crippen LogP contribution in [-0.4, -0.2) is 42.7 Å². The number of nitrogens with zero attached hydrogens (tertiary/aromatic N) is 1. The predicted octanol–water partition coefficient (Wildman–Crippen LogP) is 3.88. The Labute approximate surface area is 114 Å². The molecule has 0 radical (unpaired) electrons. The van der Waals surface area contributed by atoms with Crippen molar-refractivity contribution in [1.29, 1.82) is 0 Å². The Bertz CT molecular complexity index is 228. The normalized spacial score (nSPS) is 26.5. The van der Waals surface area contributed by atoms with E-state index in [2.05, 4.69) is 39.3 Å². The van der Waals surface area contributed by atoms with Crippen molar-refractivity contribution in [3.05, 3.63) is 0 Å². The number of ether oxygens (including phenoxy) is 1. The predicted molar refractivity (Wildman–Crippen MR) is 79.0 cm³/mol. The first-order valence-electron chi connectivity index (χ1n) is 7.22. The first-order chi connectivity index (χ1) is 8.51. The van der Waals surface area contributed by atoms with Crippen LogP contribution in [0, 0.1) is 5.92 Å². The zero-order chi connectivity index (χ0) is 13.7. The average Bonchev–Trinajstić information content (AvgIpc) is 2.74. The van der Waals surface area contributed by atoms with Crippen molar-refractivity contribution < 1.29 is 9.26 Å². The standard InChI is InChI=1S/C14H30NO2P/c1-7-14-13(8-9-17-14)10-18(16-6)15(11(2)3)12(4)5/h11-14H,7-10H2,1-6H3. The third-order valence-corrected chi connectivity index (χ3v) is 6.31. The molecule has 1 rings (SSSR count). The van der Waals surface area contributed by atoms with Gasteiger partial charge < -0.3 is 9.26 Å². The quantitative estimate of drug-likeness (QED) is 0.658. The molecule has 0 amide bonds. The van der Waals surface area contributed by atoms with Gasteiger partial charge in [0.2, 0.25) is 0 Å². The smallest absolute Gasteiger partial charge is 0.104 e. The highest BCUT2D eigenvalue weighted by Gasteiger charge is 2.33. The summed E-state index contributed by atoms with van der Waals surface area (Å²) >= 11 is 0. The number of hydrogen-bond acceptors (Lipinski definition) is 3. The second-order valence-electron chi connectivity index (χ2n) is 5.65. The van der Waals surface area contributed by atoms with Crippen molar-refractivity contribution in [2.24, 2.45) is 5.92 Å². The summed E-state index contributed by atoms with van der Waals surface area (Å²) in [6.07, 6.45) is 3.93. The molecule has 1 aliphatic rings. The lowest BCUT2D eigenvalue weighted by atomic mass is 10.0. The highest BCUT2D eigenvalue weighted by atomic mass is 31.2. The molecule has 3 atom stereocenters. The van der Waals surface area contributed by atoms with Crippen LogP contribution in [0.25, 0.3) is 0 Å². The molecule has 3 unspecified atom stereocenters. The molecular formula is C14H30NO2P. The second kappa shape index (κ2) is 7.79. The maximum Gasteiger partial charge on any atom is 0.104 e. The number of hydrogen-bond donors (Lipinski definition) is 0. The second-order valence-corrected chi connectivity index (χ2v) is 7.55. The molecule has 0 aromatic rings. The SMILES string of the molecule is CCC1OCCC1CP(OC)N(C(C)C)C(C)C. The summed E-state index contributed by atoms with van der Waals surface area (Å²) < 4.78 is 14.2. The van der Waals surface area contributed by atoms with E-state index in [1.54, 1.807) is 0 Å². The molecule has 0 aromatic heterocycles. The van der Waals surface area contributed by atoms with E-state index in [1.165, 1.54) is 6.42 Å².